The van der Waals surface area contributed by atoms with Gasteiger partial charge in [-0.25, -0.2) is 22.9 Å². The van der Waals surface area contributed by atoms with Gasteiger partial charge in [-0.3, -0.25) is 0 Å². The van der Waals surface area contributed by atoms with Crippen molar-refractivity contribution in [3.8, 4) is 0 Å². The summed E-state index contributed by atoms with van der Waals surface area (Å²) in [6, 6.07) is 3.42. The molecule has 0 aliphatic carbocycles. The number of hydrogen-bond donors (Lipinski definition) is 1. The second kappa shape index (κ2) is 5.36. The number of amides is 2. The van der Waals surface area contributed by atoms with E-state index in [9.17, 15) is 13.2 Å². The Morgan fingerprint density at radius 1 is 1.32 bits per heavy atom. The second-order valence-electron chi connectivity index (χ2n) is 3.67. The maximum atomic E-state index is 12.1. The molecule has 0 radical (unpaired) electrons. The topological polar surface area (TPSA) is 78.8 Å². The van der Waals surface area contributed by atoms with E-state index in [4.69, 9.17) is 23.2 Å². The minimum Gasteiger partial charge on any atom is -0.246 e. The molecule has 1 aliphatic rings. The largest absolute Gasteiger partial charge is 0.351 e. The van der Waals surface area contributed by atoms with Crippen molar-refractivity contribution in [1.29, 1.82) is 0 Å². The molecule has 2 rings (SSSR count). The smallest absolute Gasteiger partial charge is 0.246 e. The van der Waals surface area contributed by atoms with Gasteiger partial charge in [-0.2, -0.15) is 5.10 Å². The number of benzene rings is 1. The third kappa shape index (κ3) is 2.99. The van der Waals surface area contributed by atoms with Crippen LogP contribution in [0.25, 0.3) is 0 Å². The van der Waals surface area contributed by atoms with Crippen LogP contribution in [0.4, 0.5) is 4.79 Å². The van der Waals surface area contributed by atoms with E-state index in [2.05, 4.69) is 5.10 Å². The Labute approximate surface area is 120 Å². The molecule has 2 amide bonds. The van der Waals surface area contributed by atoms with Crippen molar-refractivity contribution >= 4 is 45.5 Å². The van der Waals surface area contributed by atoms with Crippen LogP contribution >= 0.6 is 23.2 Å². The summed E-state index contributed by atoms with van der Waals surface area (Å²) >= 11 is 11.6. The van der Waals surface area contributed by atoms with E-state index < -0.39 is 16.1 Å². The molecule has 6 nitrogen and oxygen atoms in total. The van der Waals surface area contributed by atoms with Gasteiger partial charge in [0.1, 0.15) is 4.90 Å². The van der Waals surface area contributed by atoms with E-state index in [0.29, 0.717) is 13.0 Å². The Morgan fingerprint density at radius 2 is 1.95 bits per heavy atom. The first-order valence-electron chi connectivity index (χ1n) is 5.22. The number of carbonyl (C=O) groups is 1. The summed E-state index contributed by atoms with van der Waals surface area (Å²) in [6.45, 7) is 0.331. The number of nitrogens with one attached hydrogen (secondary N) is 1. The predicted molar refractivity (Wildman–Crippen MR) is 72.0 cm³/mol. The van der Waals surface area contributed by atoms with E-state index in [1.165, 1.54) is 24.4 Å². The summed E-state index contributed by atoms with van der Waals surface area (Å²) in [5.41, 5.74) is 0. The molecule has 0 atom stereocenters. The number of rotatable bonds is 2. The minimum absolute atomic E-state index is 0.0577. The van der Waals surface area contributed by atoms with Crippen molar-refractivity contribution in [2.24, 2.45) is 5.10 Å². The predicted octanol–water partition coefficient (Wildman–Crippen LogP) is 2.08. The molecular weight excluding hydrogens is 313 g/mol. The van der Waals surface area contributed by atoms with Crippen LogP contribution in [-0.2, 0) is 10.0 Å². The number of nitrogens with zero attached hydrogens (tertiary/aromatic N) is 2. The molecule has 1 aliphatic heterocycles. The van der Waals surface area contributed by atoms with Gasteiger partial charge >= 0.3 is 6.03 Å². The molecule has 19 heavy (non-hydrogen) atoms. The zero-order valence-corrected chi connectivity index (χ0v) is 11.8. The van der Waals surface area contributed by atoms with Crippen LogP contribution in [0.2, 0.25) is 10.0 Å². The van der Waals surface area contributed by atoms with Gasteiger partial charge in [0.25, 0.3) is 10.0 Å². The molecular formula is C10H9Cl2N3O3S. The Hall–Kier alpha value is -1.31. The van der Waals surface area contributed by atoms with Crippen LogP contribution in [-0.4, -0.2) is 32.2 Å². The first-order valence-corrected chi connectivity index (χ1v) is 7.46. The van der Waals surface area contributed by atoms with Crippen LogP contribution in [0, 0.1) is 0 Å². The molecule has 1 N–H and O–H groups in total. The molecule has 0 fully saturated rings. The first-order chi connectivity index (χ1) is 8.92. The third-order valence-corrected chi connectivity index (χ3v) is 4.61. The van der Waals surface area contributed by atoms with Crippen molar-refractivity contribution in [2.75, 3.05) is 6.54 Å². The fourth-order valence-electron chi connectivity index (χ4n) is 1.51. The molecule has 0 saturated heterocycles. The number of sulfonamides is 1. The monoisotopic (exact) mass is 321 g/mol. The molecule has 1 aromatic carbocycles. The maximum absolute atomic E-state index is 12.1. The molecule has 0 unspecified atom stereocenters. The van der Waals surface area contributed by atoms with Crippen LogP contribution in [0.15, 0.2) is 28.2 Å². The Kier molecular flexibility index (Phi) is 3.98. The van der Waals surface area contributed by atoms with E-state index >= 15 is 0 Å². The third-order valence-electron chi connectivity index (χ3n) is 2.33. The van der Waals surface area contributed by atoms with E-state index in [-0.39, 0.29) is 14.9 Å². The molecule has 0 spiro atoms. The van der Waals surface area contributed by atoms with Crippen molar-refractivity contribution in [2.45, 2.75) is 11.3 Å². The number of halogens is 2. The molecule has 1 aromatic rings. The summed E-state index contributed by atoms with van der Waals surface area (Å²) in [5.74, 6) is 0. The van der Waals surface area contributed by atoms with Crippen LogP contribution in [0.3, 0.4) is 0 Å². The average molecular weight is 322 g/mol. The fraction of sp³-hybridized carbons (Fsp3) is 0.200. The van der Waals surface area contributed by atoms with Crippen LogP contribution in [0.5, 0.6) is 0 Å². The SMILES string of the molecule is O=C(NS(=O)(=O)c1c(Cl)cccc1Cl)N1CCC=N1. The fourth-order valence-corrected chi connectivity index (χ4v) is 3.60. The standard InChI is InChI=1S/C10H9Cl2N3O3S/c11-7-3-1-4-8(12)9(7)19(17,18)14-10(16)15-6-2-5-13-15/h1,3-5H,2,6H2,(H,14,16). The van der Waals surface area contributed by atoms with E-state index in [1.54, 1.807) is 0 Å². The van der Waals surface area contributed by atoms with Gasteiger partial charge < -0.3 is 0 Å². The van der Waals surface area contributed by atoms with Crippen molar-refractivity contribution in [3.63, 3.8) is 0 Å². The minimum atomic E-state index is -4.14. The first kappa shape index (κ1) is 14.1. The highest BCUT2D eigenvalue weighted by Gasteiger charge is 2.26. The molecule has 0 aromatic heterocycles. The van der Waals surface area contributed by atoms with Crippen molar-refractivity contribution in [3.05, 3.63) is 28.2 Å². The van der Waals surface area contributed by atoms with Gasteiger partial charge in [0.2, 0.25) is 0 Å². The number of carbonyl (C=O) groups excluding carboxylic acids is 1. The quantitative estimate of drug-likeness (QED) is 0.905. The van der Waals surface area contributed by atoms with Gasteiger partial charge in [0, 0.05) is 12.6 Å². The Balaban J connectivity index is 2.28. The van der Waals surface area contributed by atoms with Gasteiger partial charge in [-0.15, -0.1) is 0 Å². The zero-order chi connectivity index (χ0) is 14.0. The normalized spacial score (nSPS) is 14.7. The summed E-state index contributed by atoms with van der Waals surface area (Å²) in [5, 5.41) is 4.63. The van der Waals surface area contributed by atoms with Crippen LogP contribution in [0.1, 0.15) is 6.42 Å². The lowest BCUT2D eigenvalue weighted by Gasteiger charge is -2.14. The molecule has 0 saturated carbocycles. The van der Waals surface area contributed by atoms with Crippen LogP contribution < -0.4 is 4.72 Å². The van der Waals surface area contributed by atoms with Gasteiger partial charge in [-0.1, -0.05) is 29.3 Å². The van der Waals surface area contributed by atoms with Gasteiger partial charge in [-0.05, 0) is 12.1 Å². The molecule has 9 heteroatoms. The zero-order valence-electron chi connectivity index (χ0n) is 9.51. The lowest BCUT2D eigenvalue weighted by molar-refractivity contribution is 0.211. The summed E-state index contributed by atoms with van der Waals surface area (Å²) in [7, 11) is -4.14. The summed E-state index contributed by atoms with van der Waals surface area (Å²) < 4.78 is 26.0. The van der Waals surface area contributed by atoms with E-state index in [0.717, 1.165) is 5.01 Å². The summed E-state index contributed by atoms with van der Waals surface area (Å²) in [4.78, 5) is 11.4. The number of hydrazone groups is 1. The van der Waals surface area contributed by atoms with Gasteiger partial charge in [0.05, 0.1) is 16.6 Å². The Bertz CT molecular complexity index is 625. The molecule has 0 bridgehead atoms. The van der Waals surface area contributed by atoms with Crippen molar-refractivity contribution < 1.29 is 13.2 Å². The number of hydrogen-bond acceptors (Lipinski definition) is 4. The lowest BCUT2D eigenvalue weighted by atomic mass is 10.4. The average Bonchev–Trinajstić information content (AvgIpc) is 2.80. The van der Waals surface area contributed by atoms with Crippen molar-refractivity contribution in [1.82, 2.24) is 9.73 Å². The molecule has 102 valence electrons. The maximum Gasteiger partial charge on any atom is 0.351 e. The summed E-state index contributed by atoms with van der Waals surface area (Å²) in [6.07, 6.45) is 2.11. The molecule has 1 heterocycles. The second-order valence-corrected chi connectivity index (χ2v) is 6.10. The number of urea groups is 1. The Morgan fingerprint density at radius 3 is 2.47 bits per heavy atom. The van der Waals surface area contributed by atoms with Gasteiger partial charge in [0.15, 0.2) is 0 Å². The lowest BCUT2D eigenvalue weighted by Crippen LogP contribution is -2.39. The van der Waals surface area contributed by atoms with E-state index in [1.807, 2.05) is 4.72 Å². The highest BCUT2D eigenvalue weighted by molar-refractivity contribution is 7.90. The highest BCUT2D eigenvalue weighted by atomic mass is 35.5. The highest BCUT2D eigenvalue weighted by Crippen LogP contribution is 2.28.